The second-order valence-electron chi connectivity index (χ2n) is 5.40. The van der Waals surface area contributed by atoms with Crippen LogP contribution < -0.4 is 5.32 Å². The average molecular weight is 416 g/mol. The van der Waals surface area contributed by atoms with Crippen LogP contribution in [0.25, 0.3) is 5.65 Å². The molecule has 0 unspecified atom stereocenters. The molecular weight excluding hydrogens is 405 g/mol. The summed E-state index contributed by atoms with van der Waals surface area (Å²) < 4.78 is 16.7. The maximum Gasteiger partial charge on any atom is 0.279 e. The van der Waals surface area contributed by atoms with E-state index in [1.165, 1.54) is 27.7 Å². The van der Waals surface area contributed by atoms with Gasteiger partial charge >= 0.3 is 0 Å². The van der Waals surface area contributed by atoms with E-state index in [9.17, 15) is 9.18 Å². The molecule has 10 heteroatoms. The average Bonchev–Trinajstić information content (AvgIpc) is 3.20. The maximum atomic E-state index is 13.2. The van der Waals surface area contributed by atoms with Crippen LogP contribution in [-0.4, -0.2) is 35.3 Å². The third-order valence-electron chi connectivity index (χ3n) is 3.55. The Labute approximate surface area is 154 Å². The van der Waals surface area contributed by atoms with Crippen molar-refractivity contribution in [2.45, 2.75) is 6.54 Å². The van der Waals surface area contributed by atoms with E-state index >= 15 is 0 Å². The minimum Gasteiger partial charge on any atom is -0.288 e. The zero-order valence-corrected chi connectivity index (χ0v) is 14.8. The number of carbonyl (C=O) groups excluding carboxylic acids is 1. The van der Waals surface area contributed by atoms with Gasteiger partial charge in [0.15, 0.2) is 11.3 Å². The largest absolute Gasteiger partial charge is 0.288 e. The van der Waals surface area contributed by atoms with Gasteiger partial charge in [-0.2, -0.15) is 5.10 Å². The summed E-state index contributed by atoms with van der Waals surface area (Å²) in [6.45, 7) is 0.336. The fourth-order valence-electron chi connectivity index (χ4n) is 2.42. The molecule has 8 nitrogen and oxygen atoms in total. The van der Waals surface area contributed by atoms with Crippen molar-refractivity contribution in [3.63, 3.8) is 0 Å². The Balaban J connectivity index is 1.51. The molecule has 0 saturated heterocycles. The molecule has 4 rings (SSSR count). The zero-order valence-electron chi connectivity index (χ0n) is 13.2. The van der Waals surface area contributed by atoms with E-state index in [1.807, 2.05) is 0 Å². The van der Waals surface area contributed by atoms with Crippen LogP contribution in [0.2, 0.25) is 0 Å². The quantitative estimate of drug-likeness (QED) is 0.552. The molecule has 26 heavy (non-hydrogen) atoms. The topological polar surface area (TPSA) is 90.0 Å². The number of amides is 1. The van der Waals surface area contributed by atoms with Crippen LogP contribution in [0.3, 0.4) is 0 Å². The first-order valence-electron chi connectivity index (χ1n) is 7.54. The lowest BCUT2D eigenvalue weighted by molar-refractivity contribution is 0.102. The van der Waals surface area contributed by atoms with Gasteiger partial charge in [0, 0.05) is 12.4 Å². The monoisotopic (exact) mass is 415 g/mol. The van der Waals surface area contributed by atoms with Gasteiger partial charge in [-0.15, -0.1) is 5.10 Å². The number of aromatic nitrogens is 6. The Morgan fingerprint density at radius 1 is 1.23 bits per heavy atom. The van der Waals surface area contributed by atoms with Crippen molar-refractivity contribution in [1.29, 1.82) is 0 Å². The number of rotatable bonds is 4. The normalized spacial score (nSPS) is 11.0. The predicted octanol–water partition coefficient (Wildman–Crippen LogP) is 2.52. The molecule has 0 aliphatic carbocycles. The number of benzene rings is 1. The Kier molecular flexibility index (Phi) is 4.17. The highest BCUT2D eigenvalue weighted by Crippen LogP contribution is 2.21. The lowest BCUT2D eigenvalue weighted by Gasteiger charge is -2.01. The molecule has 1 N–H and O–H groups in total. The summed E-state index contributed by atoms with van der Waals surface area (Å²) in [5, 5.41) is 10.9. The highest BCUT2D eigenvalue weighted by Gasteiger charge is 2.19. The summed E-state index contributed by atoms with van der Waals surface area (Å²) in [6.07, 6.45) is 4.76. The molecule has 0 atom stereocenters. The minimum atomic E-state index is -0.467. The number of nitrogens with zero attached hydrogens (tertiary/aromatic N) is 6. The summed E-state index contributed by atoms with van der Waals surface area (Å²) in [4.78, 5) is 20.6. The van der Waals surface area contributed by atoms with Crippen LogP contribution >= 0.6 is 15.9 Å². The van der Waals surface area contributed by atoms with Crippen LogP contribution in [0, 0.1) is 5.82 Å². The summed E-state index contributed by atoms with van der Waals surface area (Å²) >= 11 is 3.33. The fourth-order valence-corrected chi connectivity index (χ4v) is 2.96. The van der Waals surface area contributed by atoms with Crippen LogP contribution in [-0.2, 0) is 6.54 Å². The van der Waals surface area contributed by atoms with Crippen molar-refractivity contribution >= 4 is 33.4 Å². The molecule has 0 aliphatic heterocycles. The molecule has 3 aromatic heterocycles. The molecule has 4 aromatic rings. The van der Waals surface area contributed by atoms with Gasteiger partial charge < -0.3 is 0 Å². The third-order valence-corrected chi connectivity index (χ3v) is 4.28. The van der Waals surface area contributed by atoms with E-state index in [-0.39, 0.29) is 17.5 Å². The summed E-state index contributed by atoms with van der Waals surface area (Å²) in [6, 6.07) is 7.91. The molecule has 0 aliphatic rings. The summed E-state index contributed by atoms with van der Waals surface area (Å²) in [5.74, 6) is -0.657. The smallest absolute Gasteiger partial charge is 0.279 e. The van der Waals surface area contributed by atoms with Gasteiger partial charge in [0.2, 0.25) is 5.95 Å². The van der Waals surface area contributed by atoms with Gasteiger partial charge in [0.05, 0.1) is 11.0 Å². The number of anilines is 1. The molecule has 0 spiro atoms. The van der Waals surface area contributed by atoms with Crippen LogP contribution in [0.15, 0.2) is 53.5 Å². The standard InChI is InChI=1S/C16H11BrFN7O/c17-12-13(22-25-6-2-5-19-14(12)25)15(26)21-16-20-9-24(23-16)8-10-3-1-4-11(18)7-10/h1-7,9H,8H2,(H,21,23,26). The Morgan fingerprint density at radius 3 is 2.92 bits per heavy atom. The van der Waals surface area contributed by atoms with Crippen molar-refractivity contribution < 1.29 is 9.18 Å². The molecule has 0 fully saturated rings. The summed E-state index contributed by atoms with van der Waals surface area (Å²) in [5.41, 5.74) is 1.44. The third kappa shape index (κ3) is 3.18. The molecule has 130 valence electrons. The fraction of sp³-hybridized carbons (Fsp3) is 0.0625. The van der Waals surface area contributed by atoms with E-state index in [0.717, 1.165) is 5.56 Å². The lowest BCUT2D eigenvalue weighted by Crippen LogP contribution is -2.14. The predicted molar refractivity (Wildman–Crippen MR) is 94.2 cm³/mol. The maximum absolute atomic E-state index is 13.2. The molecule has 3 heterocycles. The molecule has 1 amide bonds. The van der Waals surface area contributed by atoms with Gasteiger partial charge in [-0.25, -0.2) is 23.6 Å². The number of nitrogens with one attached hydrogen (secondary N) is 1. The first kappa shape index (κ1) is 16.3. The Hall–Kier alpha value is -3.14. The Bertz CT molecular complexity index is 1110. The van der Waals surface area contributed by atoms with Gasteiger partial charge in [-0.1, -0.05) is 12.1 Å². The number of carbonyl (C=O) groups is 1. The van der Waals surface area contributed by atoms with E-state index in [1.54, 1.807) is 30.6 Å². The van der Waals surface area contributed by atoms with Gasteiger partial charge in [-0.05, 0) is 39.7 Å². The van der Waals surface area contributed by atoms with Gasteiger partial charge in [-0.3, -0.25) is 10.1 Å². The zero-order chi connectivity index (χ0) is 18.1. The first-order chi connectivity index (χ1) is 12.6. The van der Waals surface area contributed by atoms with E-state index in [2.05, 4.69) is 41.4 Å². The van der Waals surface area contributed by atoms with Crippen LogP contribution in [0.4, 0.5) is 10.3 Å². The molecule has 0 saturated carbocycles. The Morgan fingerprint density at radius 2 is 2.12 bits per heavy atom. The van der Waals surface area contributed by atoms with Crippen molar-refractivity contribution in [3.8, 4) is 0 Å². The first-order valence-corrected chi connectivity index (χ1v) is 8.33. The highest BCUT2D eigenvalue weighted by atomic mass is 79.9. The molecule has 1 aromatic carbocycles. The highest BCUT2D eigenvalue weighted by molar-refractivity contribution is 9.10. The van der Waals surface area contributed by atoms with Crippen LogP contribution in [0.5, 0.6) is 0 Å². The second kappa shape index (κ2) is 6.64. The van der Waals surface area contributed by atoms with Crippen molar-refractivity contribution in [1.82, 2.24) is 29.4 Å². The SMILES string of the molecule is O=C(Nc1ncn(Cc2cccc(F)c2)n1)c1nn2cccnc2c1Br. The minimum absolute atomic E-state index is 0.128. The van der Waals surface area contributed by atoms with E-state index < -0.39 is 5.91 Å². The number of hydrogen-bond donors (Lipinski definition) is 1. The van der Waals surface area contributed by atoms with E-state index in [0.29, 0.717) is 16.7 Å². The van der Waals surface area contributed by atoms with Crippen molar-refractivity contribution in [3.05, 3.63) is 70.6 Å². The van der Waals surface area contributed by atoms with E-state index in [4.69, 9.17) is 0 Å². The van der Waals surface area contributed by atoms with Crippen molar-refractivity contribution in [2.24, 2.45) is 0 Å². The van der Waals surface area contributed by atoms with Crippen molar-refractivity contribution in [2.75, 3.05) is 5.32 Å². The second-order valence-corrected chi connectivity index (χ2v) is 6.19. The molecular formula is C16H11BrFN7O. The number of fused-ring (bicyclic) bond motifs is 1. The van der Waals surface area contributed by atoms with Gasteiger partial charge in [0.1, 0.15) is 12.1 Å². The lowest BCUT2D eigenvalue weighted by atomic mass is 10.2. The molecule has 0 radical (unpaired) electrons. The van der Waals surface area contributed by atoms with Gasteiger partial charge in [0.25, 0.3) is 5.91 Å². The number of hydrogen-bond acceptors (Lipinski definition) is 5. The summed E-state index contributed by atoms with van der Waals surface area (Å²) in [7, 11) is 0. The molecule has 0 bridgehead atoms. The number of halogens is 2. The van der Waals surface area contributed by atoms with Crippen LogP contribution in [0.1, 0.15) is 16.1 Å².